The van der Waals surface area contributed by atoms with E-state index in [1.165, 1.54) is 6.92 Å². The molecule has 0 aliphatic rings. The Kier molecular flexibility index (Phi) is 4.88. The highest BCUT2D eigenvalue weighted by atomic mass is 16.6. The summed E-state index contributed by atoms with van der Waals surface area (Å²) in [5.74, 6) is -0.358. The second kappa shape index (κ2) is 5.20. The van der Waals surface area contributed by atoms with E-state index in [9.17, 15) is 4.79 Å². The van der Waals surface area contributed by atoms with Gasteiger partial charge in [-0.25, -0.2) is 0 Å². The number of rotatable bonds is 4. The van der Waals surface area contributed by atoms with E-state index in [4.69, 9.17) is 10.5 Å². The zero-order chi connectivity index (χ0) is 7.98. The average molecular weight is 147 g/mol. The molecule has 0 aromatic rings. The monoisotopic (exact) mass is 147 g/mol. The lowest BCUT2D eigenvalue weighted by molar-refractivity contribution is -0.146. The van der Waals surface area contributed by atoms with Gasteiger partial charge in [0, 0.05) is 20.5 Å². The van der Waals surface area contributed by atoms with Crippen molar-refractivity contribution in [1.29, 1.82) is 0 Å². The van der Waals surface area contributed by atoms with E-state index >= 15 is 0 Å². The Hall–Kier alpha value is -0.610. The molecule has 0 heterocycles. The van der Waals surface area contributed by atoms with Crippen molar-refractivity contribution in [3.8, 4) is 0 Å². The second-order valence-electron chi connectivity index (χ2n) is 1.93. The van der Waals surface area contributed by atoms with Gasteiger partial charge in [-0.1, -0.05) is 0 Å². The minimum absolute atomic E-state index is 0.358. The van der Waals surface area contributed by atoms with Gasteiger partial charge in [-0.3, -0.25) is 10.5 Å². The van der Waals surface area contributed by atoms with Crippen molar-refractivity contribution in [3.05, 3.63) is 0 Å². The van der Waals surface area contributed by atoms with E-state index in [1.54, 1.807) is 7.11 Å². The fourth-order valence-corrected chi connectivity index (χ4v) is 0.506. The third-order valence-corrected chi connectivity index (χ3v) is 0.924. The van der Waals surface area contributed by atoms with Crippen LogP contribution in [0.1, 0.15) is 13.3 Å². The quantitative estimate of drug-likeness (QED) is 0.444. The zero-order valence-electron chi connectivity index (χ0n) is 6.29. The van der Waals surface area contributed by atoms with Gasteiger partial charge in [-0.05, 0) is 0 Å². The molecular weight excluding hydrogens is 134 g/mol. The van der Waals surface area contributed by atoms with Gasteiger partial charge in [0.1, 0.15) is 0 Å². The summed E-state index contributed by atoms with van der Waals surface area (Å²) in [5.41, 5.74) is 5.34. The first-order valence-corrected chi connectivity index (χ1v) is 3.08. The van der Waals surface area contributed by atoms with E-state index < -0.39 is 6.23 Å². The highest BCUT2D eigenvalue weighted by Crippen LogP contribution is 1.90. The van der Waals surface area contributed by atoms with E-state index in [0.717, 1.165) is 0 Å². The van der Waals surface area contributed by atoms with E-state index in [0.29, 0.717) is 13.0 Å². The first kappa shape index (κ1) is 9.39. The molecule has 2 N–H and O–H groups in total. The Bertz CT molecular complexity index is 105. The van der Waals surface area contributed by atoms with Crippen molar-refractivity contribution in [2.75, 3.05) is 13.7 Å². The third-order valence-electron chi connectivity index (χ3n) is 0.924. The molecule has 0 aliphatic heterocycles. The van der Waals surface area contributed by atoms with Crippen LogP contribution >= 0.6 is 0 Å². The van der Waals surface area contributed by atoms with E-state index in [2.05, 4.69) is 4.74 Å². The Balaban J connectivity index is 3.25. The molecule has 0 spiro atoms. The van der Waals surface area contributed by atoms with Gasteiger partial charge in [0.05, 0.1) is 6.61 Å². The maximum atomic E-state index is 10.3. The number of carbonyl (C=O) groups is 1. The predicted molar refractivity (Wildman–Crippen MR) is 36.2 cm³/mol. The summed E-state index contributed by atoms with van der Waals surface area (Å²) in [6.45, 7) is 1.83. The summed E-state index contributed by atoms with van der Waals surface area (Å²) in [6, 6.07) is 0. The van der Waals surface area contributed by atoms with Crippen molar-refractivity contribution in [2.45, 2.75) is 19.6 Å². The van der Waals surface area contributed by atoms with Crippen LogP contribution in [0.2, 0.25) is 0 Å². The first-order chi connectivity index (χ1) is 4.66. The molecule has 0 radical (unpaired) electrons. The van der Waals surface area contributed by atoms with Crippen LogP contribution in [-0.2, 0) is 14.3 Å². The first-order valence-electron chi connectivity index (χ1n) is 3.08. The lowest BCUT2D eigenvalue weighted by Gasteiger charge is -2.09. The summed E-state index contributed by atoms with van der Waals surface area (Å²) in [6.07, 6.45) is 0.00764. The normalized spacial score (nSPS) is 12.7. The van der Waals surface area contributed by atoms with Gasteiger partial charge in [0.25, 0.3) is 0 Å². The number of hydrogen-bond acceptors (Lipinski definition) is 4. The topological polar surface area (TPSA) is 61.6 Å². The number of nitrogens with two attached hydrogens (primary N) is 1. The molecule has 1 atom stereocenters. The van der Waals surface area contributed by atoms with E-state index in [1.807, 2.05) is 0 Å². The molecule has 10 heavy (non-hydrogen) atoms. The third kappa shape index (κ3) is 5.53. The summed E-state index contributed by atoms with van der Waals surface area (Å²) in [5, 5.41) is 0. The van der Waals surface area contributed by atoms with Crippen LogP contribution < -0.4 is 5.73 Å². The molecule has 0 saturated heterocycles. The highest BCUT2D eigenvalue weighted by Gasteiger charge is 2.03. The van der Waals surface area contributed by atoms with Crippen LogP contribution in [0, 0.1) is 0 Å². The molecule has 60 valence electrons. The van der Waals surface area contributed by atoms with Gasteiger partial charge in [-0.2, -0.15) is 0 Å². The standard InChI is InChI=1S/C6H13NO3/c1-5(8)10-6(7)3-4-9-2/h6H,3-4,7H2,1-2H3. The maximum absolute atomic E-state index is 10.3. The molecular formula is C6H13NO3. The Morgan fingerprint density at radius 2 is 2.30 bits per heavy atom. The van der Waals surface area contributed by atoms with Crippen molar-refractivity contribution >= 4 is 5.97 Å². The number of hydrogen-bond donors (Lipinski definition) is 1. The van der Waals surface area contributed by atoms with Crippen LogP contribution in [0.4, 0.5) is 0 Å². The van der Waals surface area contributed by atoms with Crippen molar-refractivity contribution < 1.29 is 14.3 Å². The molecule has 4 nitrogen and oxygen atoms in total. The van der Waals surface area contributed by atoms with Crippen molar-refractivity contribution in [3.63, 3.8) is 0 Å². The fraction of sp³-hybridized carbons (Fsp3) is 0.833. The van der Waals surface area contributed by atoms with Gasteiger partial charge >= 0.3 is 5.97 Å². The summed E-state index contributed by atoms with van der Waals surface area (Å²) < 4.78 is 9.33. The van der Waals surface area contributed by atoms with Crippen molar-refractivity contribution in [1.82, 2.24) is 0 Å². The van der Waals surface area contributed by atoms with Crippen LogP contribution in [0.25, 0.3) is 0 Å². The van der Waals surface area contributed by atoms with Gasteiger partial charge in [0.15, 0.2) is 6.23 Å². The molecule has 0 bridgehead atoms. The molecule has 0 aliphatic carbocycles. The van der Waals surface area contributed by atoms with Crippen LogP contribution in [0.15, 0.2) is 0 Å². The SMILES string of the molecule is COCCC(N)OC(C)=O. The minimum Gasteiger partial charge on any atom is -0.447 e. The average Bonchev–Trinajstić information content (AvgIpc) is 1.82. The van der Waals surface area contributed by atoms with Crippen LogP contribution in [-0.4, -0.2) is 25.9 Å². The summed E-state index contributed by atoms with van der Waals surface area (Å²) in [4.78, 5) is 10.3. The molecule has 1 unspecified atom stereocenters. The Morgan fingerprint density at radius 3 is 2.70 bits per heavy atom. The molecule has 0 aromatic carbocycles. The largest absolute Gasteiger partial charge is 0.447 e. The molecule has 0 aromatic heterocycles. The van der Waals surface area contributed by atoms with E-state index in [-0.39, 0.29) is 5.97 Å². The Morgan fingerprint density at radius 1 is 1.70 bits per heavy atom. The fourth-order valence-electron chi connectivity index (χ4n) is 0.506. The predicted octanol–water partition coefficient (Wildman–Crippen LogP) is -0.129. The summed E-state index contributed by atoms with van der Waals surface area (Å²) >= 11 is 0. The Labute approximate surface area is 60.3 Å². The van der Waals surface area contributed by atoms with Crippen LogP contribution in [0.3, 0.4) is 0 Å². The molecule has 0 saturated carbocycles. The summed E-state index contributed by atoms with van der Waals surface area (Å²) in [7, 11) is 1.57. The van der Waals surface area contributed by atoms with Gasteiger partial charge < -0.3 is 9.47 Å². The minimum atomic E-state index is -0.530. The second-order valence-corrected chi connectivity index (χ2v) is 1.93. The molecule has 0 amide bonds. The molecule has 0 rings (SSSR count). The smallest absolute Gasteiger partial charge is 0.304 e. The number of methoxy groups -OCH3 is 1. The van der Waals surface area contributed by atoms with Crippen LogP contribution in [0.5, 0.6) is 0 Å². The zero-order valence-corrected chi connectivity index (χ0v) is 6.29. The number of ether oxygens (including phenoxy) is 2. The van der Waals surface area contributed by atoms with Gasteiger partial charge in [0.2, 0.25) is 0 Å². The number of carbonyl (C=O) groups excluding carboxylic acids is 1. The lowest BCUT2D eigenvalue weighted by Crippen LogP contribution is -2.27. The van der Waals surface area contributed by atoms with Crippen molar-refractivity contribution in [2.24, 2.45) is 5.73 Å². The molecule has 0 fully saturated rings. The number of esters is 1. The van der Waals surface area contributed by atoms with Gasteiger partial charge in [-0.15, -0.1) is 0 Å². The lowest BCUT2D eigenvalue weighted by atomic mass is 10.4. The highest BCUT2D eigenvalue weighted by molar-refractivity contribution is 5.66. The maximum Gasteiger partial charge on any atom is 0.304 e. The molecule has 4 heteroatoms.